The highest BCUT2D eigenvalue weighted by Crippen LogP contribution is 1.31. The van der Waals surface area contributed by atoms with Crippen LogP contribution in [0.2, 0.25) is 0 Å². The largest absolute Gasteiger partial charge is 0.349 e. The molecule has 0 aliphatic carbocycles. The highest BCUT2D eigenvalue weighted by Gasteiger charge is 1.69. The van der Waals surface area contributed by atoms with Gasteiger partial charge in [0.05, 0.1) is 0 Å². The Hall–Kier alpha value is -0.485. The molecule has 26 valence electrons. The summed E-state index contributed by atoms with van der Waals surface area (Å²) in [5, 5.41) is 10.4. The van der Waals surface area contributed by atoms with Crippen molar-refractivity contribution in [2.24, 2.45) is 0 Å². The molecular weight excluding hydrogens is 62.8 g/mol. The summed E-state index contributed by atoms with van der Waals surface area (Å²) in [7, 11) is 2.18. The average molecular weight is 67.9 g/mol. The minimum absolute atomic E-state index is 0.444. The van der Waals surface area contributed by atoms with Crippen molar-refractivity contribution in [2.45, 2.75) is 0 Å². The summed E-state index contributed by atoms with van der Waals surface area (Å²) in [6.45, 7) is 0. The lowest BCUT2D eigenvalue weighted by molar-refractivity contribution is 1.25. The summed E-state index contributed by atoms with van der Waals surface area (Å²) in [6.07, 6.45) is 0. The highest BCUT2D eigenvalue weighted by molar-refractivity contribution is 6.41. The number of nitrogens with zero attached hydrogens (tertiary/aromatic N) is 1. The first-order chi connectivity index (χ1) is 2.41. The van der Waals surface area contributed by atoms with Crippen LogP contribution in [0.15, 0.2) is 0 Å². The van der Waals surface area contributed by atoms with E-state index in [1.807, 2.05) is 5.97 Å². The summed E-state index contributed by atoms with van der Waals surface area (Å²) in [5.41, 5.74) is 0. The lowest BCUT2D eigenvalue weighted by Crippen LogP contribution is -2.08. The molecule has 0 saturated carbocycles. The fourth-order valence-corrected chi connectivity index (χ4v) is 0.0791. The number of rotatable bonds is 1. The number of hydrogen-bond acceptors (Lipinski definition) is 2. The van der Waals surface area contributed by atoms with E-state index >= 15 is 0 Å². The van der Waals surface area contributed by atoms with Crippen molar-refractivity contribution >= 4 is 7.41 Å². The van der Waals surface area contributed by atoms with Gasteiger partial charge in [0.25, 0.3) is 0 Å². The monoisotopic (exact) mass is 68.1 g/mol. The molecule has 1 N–H and O–H groups in total. The van der Waals surface area contributed by atoms with Gasteiger partial charge < -0.3 is 5.23 Å². The number of hydrogen-bond donors (Lipinski definition) is 1. The Bertz CT molecular complexity index is 46.1. The molecule has 0 amide bonds. The van der Waals surface area contributed by atoms with Gasteiger partial charge in [0.1, 0.15) is 0 Å². The van der Waals surface area contributed by atoms with Gasteiger partial charge in [0.15, 0.2) is 0 Å². The second kappa shape index (κ2) is 3.51. The summed E-state index contributed by atoms with van der Waals surface area (Å²) >= 11 is 0. The van der Waals surface area contributed by atoms with Gasteiger partial charge in [-0.05, 0) is 7.05 Å². The number of nitriles is 1. The Labute approximate surface area is 32.1 Å². The molecule has 3 heteroatoms. The average Bonchev–Trinajstić information content (AvgIpc) is 1.41. The van der Waals surface area contributed by atoms with E-state index in [2.05, 4.69) is 5.23 Å². The maximum Gasteiger partial charge on any atom is 0.328 e. The third-order valence-corrected chi connectivity index (χ3v) is 0.256. The van der Waals surface area contributed by atoms with Crippen LogP contribution in [0.25, 0.3) is 0 Å². The third kappa shape index (κ3) is 3.51. The van der Waals surface area contributed by atoms with Crippen molar-refractivity contribution in [3.63, 3.8) is 0 Å². The predicted octanol–water partition coefficient (Wildman–Crippen LogP) is -0.962. The van der Waals surface area contributed by atoms with E-state index in [4.69, 9.17) is 5.26 Å². The fourth-order valence-electron chi connectivity index (χ4n) is 0.0791. The van der Waals surface area contributed by atoms with Crippen molar-refractivity contribution in [1.29, 1.82) is 5.26 Å². The van der Waals surface area contributed by atoms with Crippen LogP contribution in [-0.4, -0.2) is 14.5 Å². The van der Waals surface area contributed by atoms with Crippen molar-refractivity contribution in [2.75, 3.05) is 7.05 Å². The zero-order chi connectivity index (χ0) is 4.12. The van der Waals surface area contributed by atoms with Gasteiger partial charge in [-0.1, -0.05) is 0 Å². The molecule has 2 nitrogen and oxygen atoms in total. The van der Waals surface area contributed by atoms with Crippen LogP contribution in [0.3, 0.4) is 0 Å². The normalized spacial score (nSPS) is 5.60. The summed E-state index contributed by atoms with van der Waals surface area (Å²) in [4.78, 5) is 0. The first kappa shape index (κ1) is 4.51. The molecule has 0 aromatic heterocycles. The molecule has 0 aliphatic rings. The Morgan fingerprint density at radius 1 is 2.00 bits per heavy atom. The lowest BCUT2D eigenvalue weighted by Gasteiger charge is -1.69. The van der Waals surface area contributed by atoms with Gasteiger partial charge in [-0.15, -0.1) is 0 Å². The van der Waals surface area contributed by atoms with Crippen molar-refractivity contribution < 1.29 is 0 Å². The lowest BCUT2D eigenvalue weighted by atomic mass is 10.0. The molecule has 0 saturated heterocycles. The van der Waals surface area contributed by atoms with Gasteiger partial charge in [-0.3, -0.25) is 0 Å². The van der Waals surface area contributed by atoms with E-state index in [9.17, 15) is 0 Å². The highest BCUT2D eigenvalue weighted by atomic mass is 14.7. The van der Waals surface area contributed by atoms with Crippen LogP contribution >= 0.6 is 0 Å². The minimum Gasteiger partial charge on any atom is -0.349 e. The molecular formula is C2H5BN2. The summed E-state index contributed by atoms with van der Waals surface area (Å²) in [5.74, 6) is 1.91. The standard InChI is InChI=1S/C2H5BN2/c1-5-3-2-4/h3,5H,1H3. The predicted molar refractivity (Wildman–Crippen MR) is 21.8 cm³/mol. The van der Waals surface area contributed by atoms with Crippen molar-refractivity contribution in [3.8, 4) is 5.97 Å². The summed E-state index contributed by atoms with van der Waals surface area (Å²) < 4.78 is 0. The Morgan fingerprint density at radius 2 is 2.60 bits per heavy atom. The molecule has 5 heavy (non-hydrogen) atoms. The van der Waals surface area contributed by atoms with Crippen LogP contribution < -0.4 is 5.23 Å². The third-order valence-electron chi connectivity index (χ3n) is 0.256. The van der Waals surface area contributed by atoms with E-state index in [1.54, 1.807) is 7.05 Å². The van der Waals surface area contributed by atoms with E-state index in [1.165, 1.54) is 0 Å². The van der Waals surface area contributed by atoms with E-state index < -0.39 is 0 Å². The quantitative estimate of drug-likeness (QED) is 0.401. The second-order valence-electron chi connectivity index (χ2n) is 0.688. The molecule has 0 aromatic carbocycles. The smallest absolute Gasteiger partial charge is 0.328 e. The first-order valence-corrected chi connectivity index (χ1v) is 1.43. The minimum atomic E-state index is 0.444. The maximum absolute atomic E-state index is 7.75. The molecule has 0 unspecified atom stereocenters. The van der Waals surface area contributed by atoms with Gasteiger partial charge >= 0.3 is 7.41 Å². The van der Waals surface area contributed by atoms with Gasteiger partial charge in [-0.2, -0.15) is 0 Å². The molecule has 0 radical (unpaired) electrons. The Morgan fingerprint density at radius 3 is 2.60 bits per heavy atom. The van der Waals surface area contributed by atoms with E-state index in [-0.39, 0.29) is 0 Å². The molecule has 0 aromatic rings. The molecule has 0 atom stereocenters. The van der Waals surface area contributed by atoms with Gasteiger partial charge in [0.2, 0.25) is 0 Å². The van der Waals surface area contributed by atoms with E-state index in [0.717, 1.165) is 0 Å². The zero-order valence-electron chi connectivity index (χ0n) is 3.15. The summed E-state index contributed by atoms with van der Waals surface area (Å²) in [6, 6.07) is 0. The fraction of sp³-hybridized carbons (Fsp3) is 0.500. The Balaban J connectivity index is 2.48. The van der Waals surface area contributed by atoms with Crippen LogP contribution in [0.5, 0.6) is 0 Å². The van der Waals surface area contributed by atoms with E-state index in [0.29, 0.717) is 7.41 Å². The number of nitrogens with one attached hydrogen (secondary N) is 1. The molecule has 0 fully saturated rings. The molecule has 0 heterocycles. The van der Waals surface area contributed by atoms with Crippen molar-refractivity contribution in [1.82, 2.24) is 5.23 Å². The molecule has 0 rings (SSSR count). The van der Waals surface area contributed by atoms with Crippen molar-refractivity contribution in [3.05, 3.63) is 0 Å². The van der Waals surface area contributed by atoms with Crippen LogP contribution in [-0.2, 0) is 0 Å². The topological polar surface area (TPSA) is 35.8 Å². The van der Waals surface area contributed by atoms with Gasteiger partial charge in [-0.25, -0.2) is 5.26 Å². The Kier molecular flexibility index (Phi) is 3.17. The zero-order valence-corrected chi connectivity index (χ0v) is 3.15. The molecule has 0 bridgehead atoms. The first-order valence-electron chi connectivity index (χ1n) is 1.43. The second-order valence-corrected chi connectivity index (χ2v) is 0.688. The molecule has 0 aliphatic heterocycles. The maximum atomic E-state index is 7.75. The van der Waals surface area contributed by atoms with Crippen LogP contribution in [0.4, 0.5) is 0 Å². The van der Waals surface area contributed by atoms with Crippen LogP contribution in [0, 0.1) is 11.2 Å². The van der Waals surface area contributed by atoms with Gasteiger partial charge in [0, 0.05) is 5.97 Å². The van der Waals surface area contributed by atoms with Crippen LogP contribution in [0.1, 0.15) is 0 Å². The SMILES string of the molecule is CNBC#N. The molecule has 0 spiro atoms.